The smallest absolute Gasteiger partial charge is 0.310 e. The summed E-state index contributed by atoms with van der Waals surface area (Å²) in [4.78, 5) is 23.5. The third-order valence-corrected chi connectivity index (χ3v) is 5.01. The third kappa shape index (κ3) is 3.72. The fourth-order valence-electron chi connectivity index (χ4n) is 2.95. The molecule has 0 spiro atoms. The van der Waals surface area contributed by atoms with Crippen LogP contribution in [0.1, 0.15) is 58.8 Å². The molecule has 5 nitrogen and oxygen atoms in total. The molecule has 1 aliphatic carbocycles. The van der Waals surface area contributed by atoms with E-state index in [9.17, 15) is 19.8 Å². The number of amides is 1. The fourth-order valence-corrected chi connectivity index (χ4v) is 2.95. The van der Waals surface area contributed by atoms with Crippen molar-refractivity contribution in [2.75, 3.05) is 13.2 Å². The molecule has 0 aromatic rings. The molecule has 3 N–H and O–H groups in total. The molecule has 0 radical (unpaired) electrons. The Balaban J connectivity index is 2.57. The summed E-state index contributed by atoms with van der Waals surface area (Å²) in [5.74, 6) is -1.07. The number of aliphatic carboxylic acids is 1. The van der Waals surface area contributed by atoms with E-state index in [-0.39, 0.29) is 24.3 Å². The van der Waals surface area contributed by atoms with Gasteiger partial charge in [-0.3, -0.25) is 9.59 Å². The van der Waals surface area contributed by atoms with Crippen LogP contribution in [0.4, 0.5) is 0 Å². The van der Waals surface area contributed by atoms with Crippen molar-refractivity contribution in [3.05, 3.63) is 0 Å². The van der Waals surface area contributed by atoms with Crippen LogP contribution >= 0.6 is 0 Å². The third-order valence-electron chi connectivity index (χ3n) is 5.01. The number of carbonyl (C=O) groups excluding carboxylic acids is 1. The first kappa shape index (κ1) is 17.0. The normalized spacial score (nSPS) is 17.9. The predicted octanol–water partition coefficient (Wildman–Crippen LogP) is 1.94. The monoisotopic (exact) mass is 285 g/mol. The van der Waals surface area contributed by atoms with Gasteiger partial charge >= 0.3 is 5.97 Å². The van der Waals surface area contributed by atoms with Crippen molar-refractivity contribution >= 4 is 11.9 Å². The molecule has 1 fully saturated rings. The first-order chi connectivity index (χ1) is 9.43. The first-order valence-electron chi connectivity index (χ1n) is 7.54. The predicted molar refractivity (Wildman–Crippen MR) is 76.3 cm³/mol. The SMILES string of the molecule is CCC(CC)(CO)CNC(=O)CC1(C(=O)O)CCCC1. The lowest BCUT2D eigenvalue weighted by Crippen LogP contribution is -2.42. The van der Waals surface area contributed by atoms with Crippen LogP contribution in [-0.2, 0) is 9.59 Å². The van der Waals surface area contributed by atoms with Gasteiger partial charge in [-0.1, -0.05) is 26.7 Å². The van der Waals surface area contributed by atoms with Crippen molar-refractivity contribution in [2.24, 2.45) is 10.8 Å². The molecule has 0 saturated heterocycles. The van der Waals surface area contributed by atoms with E-state index >= 15 is 0 Å². The zero-order valence-corrected chi connectivity index (χ0v) is 12.6. The summed E-state index contributed by atoms with van der Waals surface area (Å²) in [5, 5.41) is 21.6. The topological polar surface area (TPSA) is 86.6 Å². The van der Waals surface area contributed by atoms with E-state index in [1.165, 1.54) is 0 Å². The molecule has 0 aliphatic heterocycles. The van der Waals surface area contributed by atoms with E-state index in [1.54, 1.807) is 0 Å². The molecule has 5 heteroatoms. The second-order valence-electron chi connectivity index (χ2n) is 6.11. The summed E-state index contributed by atoms with van der Waals surface area (Å²) in [6, 6.07) is 0. The Morgan fingerprint density at radius 2 is 1.75 bits per heavy atom. The minimum absolute atomic E-state index is 0.0321. The van der Waals surface area contributed by atoms with Crippen LogP contribution in [0.2, 0.25) is 0 Å². The molecule has 0 atom stereocenters. The van der Waals surface area contributed by atoms with Crippen LogP contribution in [0.25, 0.3) is 0 Å². The maximum atomic E-state index is 12.0. The van der Waals surface area contributed by atoms with E-state index in [2.05, 4.69) is 5.32 Å². The van der Waals surface area contributed by atoms with Gasteiger partial charge in [-0.25, -0.2) is 0 Å². The van der Waals surface area contributed by atoms with Crippen molar-refractivity contribution in [2.45, 2.75) is 58.8 Å². The molecule has 0 aromatic carbocycles. The number of aliphatic hydroxyl groups excluding tert-OH is 1. The van der Waals surface area contributed by atoms with Gasteiger partial charge in [0.05, 0.1) is 12.0 Å². The van der Waals surface area contributed by atoms with Crippen LogP contribution in [0.5, 0.6) is 0 Å². The van der Waals surface area contributed by atoms with Gasteiger partial charge in [-0.05, 0) is 25.7 Å². The van der Waals surface area contributed by atoms with Gasteiger partial charge in [0.15, 0.2) is 0 Å². The van der Waals surface area contributed by atoms with E-state index in [1.807, 2.05) is 13.8 Å². The Hall–Kier alpha value is -1.10. The maximum Gasteiger partial charge on any atom is 0.310 e. The standard InChI is InChI=1S/C15H27NO4/c1-3-14(4-2,11-17)10-16-12(18)9-15(13(19)20)7-5-6-8-15/h17H,3-11H2,1-2H3,(H,16,18)(H,19,20). The first-order valence-corrected chi connectivity index (χ1v) is 7.54. The highest BCUT2D eigenvalue weighted by molar-refractivity contribution is 5.85. The number of hydrogen-bond acceptors (Lipinski definition) is 3. The Morgan fingerprint density at radius 1 is 1.20 bits per heavy atom. The summed E-state index contributed by atoms with van der Waals surface area (Å²) in [5.41, 5.74) is -1.16. The average molecular weight is 285 g/mol. The van der Waals surface area contributed by atoms with Gasteiger partial charge in [0.1, 0.15) is 0 Å². The van der Waals surface area contributed by atoms with Crippen molar-refractivity contribution in [1.82, 2.24) is 5.32 Å². The highest BCUT2D eigenvalue weighted by atomic mass is 16.4. The van der Waals surface area contributed by atoms with Crippen molar-refractivity contribution in [3.63, 3.8) is 0 Å². The molecule has 0 heterocycles. The number of nitrogens with one attached hydrogen (secondary N) is 1. The maximum absolute atomic E-state index is 12.0. The molecule has 1 saturated carbocycles. The van der Waals surface area contributed by atoms with E-state index < -0.39 is 11.4 Å². The van der Waals surface area contributed by atoms with Gasteiger partial charge in [0.25, 0.3) is 0 Å². The van der Waals surface area contributed by atoms with Gasteiger partial charge in [0, 0.05) is 18.4 Å². The second-order valence-corrected chi connectivity index (χ2v) is 6.11. The Kier molecular flexibility index (Phi) is 5.99. The van der Waals surface area contributed by atoms with Crippen LogP contribution in [-0.4, -0.2) is 35.2 Å². The summed E-state index contributed by atoms with van der Waals surface area (Å²) >= 11 is 0. The van der Waals surface area contributed by atoms with Crippen molar-refractivity contribution in [1.29, 1.82) is 0 Å². The van der Waals surface area contributed by atoms with Crippen LogP contribution < -0.4 is 5.32 Å². The lowest BCUT2D eigenvalue weighted by atomic mass is 9.81. The number of hydrogen-bond donors (Lipinski definition) is 3. The molecule has 0 unspecified atom stereocenters. The van der Waals surface area contributed by atoms with Crippen LogP contribution in [0.3, 0.4) is 0 Å². The highest BCUT2D eigenvalue weighted by Gasteiger charge is 2.43. The number of aliphatic hydroxyl groups is 1. The van der Waals surface area contributed by atoms with Gasteiger partial charge in [0.2, 0.25) is 5.91 Å². The molecule has 0 bridgehead atoms. The van der Waals surface area contributed by atoms with Gasteiger partial charge < -0.3 is 15.5 Å². The minimum atomic E-state index is -0.871. The number of carboxylic acids is 1. The zero-order valence-electron chi connectivity index (χ0n) is 12.6. The fraction of sp³-hybridized carbons (Fsp3) is 0.867. The van der Waals surface area contributed by atoms with Crippen molar-refractivity contribution in [3.8, 4) is 0 Å². The Bertz CT molecular complexity index is 336. The van der Waals surface area contributed by atoms with Gasteiger partial charge in [-0.15, -0.1) is 0 Å². The van der Waals surface area contributed by atoms with Crippen molar-refractivity contribution < 1.29 is 19.8 Å². The zero-order chi connectivity index (χ0) is 15.2. The molecule has 0 aromatic heterocycles. The quantitative estimate of drug-likeness (QED) is 0.636. The lowest BCUT2D eigenvalue weighted by Gasteiger charge is -2.30. The second kappa shape index (κ2) is 7.07. The molecule has 1 aliphatic rings. The largest absolute Gasteiger partial charge is 0.481 e. The van der Waals surface area contributed by atoms with Crippen LogP contribution in [0, 0.1) is 10.8 Å². The summed E-state index contributed by atoms with van der Waals surface area (Å²) in [7, 11) is 0. The lowest BCUT2D eigenvalue weighted by molar-refractivity contribution is -0.151. The van der Waals surface area contributed by atoms with Crippen LogP contribution in [0.15, 0.2) is 0 Å². The number of rotatable bonds is 8. The van der Waals surface area contributed by atoms with Gasteiger partial charge in [-0.2, -0.15) is 0 Å². The average Bonchev–Trinajstić information content (AvgIpc) is 2.91. The number of carbonyl (C=O) groups is 2. The molecule has 1 amide bonds. The molecule has 1 rings (SSSR count). The molecular formula is C15H27NO4. The number of carboxylic acid groups (broad SMARTS) is 1. The Labute approximate surface area is 120 Å². The summed E-state index contributed by atoms with van der Waals surface area (Å²) in [6.07, 6.45) is 4.55. The highest BCUT2D eigenvalue weighted by Crippen LogP contribution is 2.41. The Morgan fingerprint density at radius 3 is 2.15 bits per heavy atom. The summed E-state index contributed by atoms with van der Waals surface area (Å²) < 4.78 is 0. The van der Waals surface area contributed by atoms with E-state index in [4.69, 9.17) is 0 Å². The minimum Gasteiger partial charge on any atom is -0.481 e. The van der Waals surface area contributed by atoms with E-state index in [0.717, 1.165) is 25.7 Å². The molecular weight excluding hydrogens is 258 g/mol. The summed E-state index contributed by atoms with van der Waals surface area (Å²) in [6.45, 7) is 4.42. The molecule has 20 heavy (non-hydrogen) atoms. The van der Waals surface area contributed by atoms with E-state index in [0.29, 0.717) is 19.4 Å². The molecule has 116 valence electrons.